The highest BCUT2D eigenvalue weighted by molar-refractivity contribution is 5.96. The highest BCUT2D eigenvalue weighted by atomic mass is 16.2. The summed E-state index contributed by atoms with van der Waals surface area (Å²) in [5.74, 6) is -0.439. The van der Waals surface area contributed by atoms with Crippen LogP contribution in [0.25, 0.3) is 16.3 Å². The van der Waals surface area contributed by atoms with Gasteiger partial charge in [0.1, 0.15) is 0 Å². The molecule has 41 heavy (non-hydrogen) atoms. The van der Waals surface area contributed by atoms with Crippen molar-refractivity contribution < 1.29 is 9.59 Å². The van der Waals surface area contributed by atoms with Crippen LogP contribution in [-0.4, -0.2) is 18.4 Å². The molecule has 0 saturated carbocycles. The zero-order valence-electron chi connectivity index (χ0n) is 23.0. The third kappa shape index (κ3) is 5.99. The van der Waals surface area contributed by atoms with E-state index in [0.29, 0.717) is 24.1 Å². The van der Waals surface area contributed by atoms with E-state index in [2.05, 4.69) is 70.9 Å². The fourth-order valence-corrected chi connectivity index (χ4v) is 5.74. The van der Waals surface area contributed by atoms with Crippen LogP contribution in [-0.2, 0) is 24.3 Å². The molecule has 0 spiro atoms. The number of hydrogen-bond acceptors (Lipinski definition) is 3. The fourth-order valence-electron chi connectivity index (χ4n) is 5.74. The lowest BCUT2D eigenvalue weighted by Crippen LogP contribution is -2.29. The van der Waals surface area contributed by atoms with Gasteiger partial charge in [0, 0.05) is 42.9 Å². The number of anilines is 1. The van der Waals surface area contributed by atoms with Gasteiger partial charge >= 0.3 is 0 Å². The van der Waals surface area contributed by atoms with Gasteiger partial charge in [-0.05, 0) is 81.8 Å². The van der Waals surface area contributed by atoms with E-state index in [1.807, 2.05) is 42.5 Å². The average Bonchev–Trinajstić information content (AvgIpc) is 3.27. The Morgan fingerprint density at radius 2 is 1.68 bits per heavy atom. The molecule has 204 valence electrons. The first-order valence-corrected chi connectivity index (χ1v) is 14.1. The lowest BCUT2D eigenvalue weighted by Gasteiger charge is -2.32. The van der Waals surface area contributed by atoms with Gasteiger partial charge in [-0.25, -0.2) is 0 Å². The van der Waals surface area contributed by atoms with E-state index in [1.165, 1.54) is 27.6 Å². The second kappa shape index (κ2) is 11.7. The van der Waals surface area contributed by atoms with Crippen LogP contribution in [0.4, 0.5) is 5.69 Å². The summed E-state index contributed by atoms with van der Waals surface area (Å²) in [7, 11) is 0. The van der Waals surface area contributed by atoms with Gasteiger partial charge in [0.15, 0.2) is 0 Å². The normalized spacial score (nSPS) is 14.6. The van der Waals surface area contributed by atoms with Gasteiger partial charge in [-0.15, -0.1) is 0 Å². The Bertz CT molecular complexity index is 1730. The second-order valence-electron chi connectivity index (χ2n) is 10.7. The first-order valence-electron chi connectivity index (χ1n) is 14.1. The van der Waals surface area contributed by atoms with Crippen molar-refractivity contribution in [1.82, 2.24) is 5.32 Å². The maximum absolute atomic E-state index is 13.0. The minimum Gasteiger partial charge on any atom is -0.367 e. The molecule has 4 aromatic carbocycles. The van der Waals surface area contributed by atoms with E-state index in [4.69, 9.17) is 5.73 Å². The number of hydrogen-bond donors (Lipinski definition) is 2. The quantitative estimate of drug-likeness (QED) is 0.282. The molecule has 0 bridgehead atoms. The summed E-state index contributed by atoms with van der Waals surface area (Å²) in [6.07, 6.45) is 10.2. The number of nitrogens with zero attached hydrogens (tertiary/aromatic N) is 1. The minimum atomic E-state index is -0.384. The predicted octanol–water partition coefficient (Wildman–Crippen LogP) is 6.48. The number of benzene rings is 4. The summed E-state index contributed by atoms with van der Waals surface area (Å²) in [4.78, 5) is 27.2. The first-order chi connectivity index (χ1) is 20.0. The smallest absolute Gasteiger partial charge is 0.251 e. The number of amides is 2. The molecule has 1 heterocycles. The van der Waals surface area contributed by atoms with Gasteiger partial charge in [0.05, 0.1) is 0 Å². The summed E-state index contributed by atoms with van der Waals surface area (Å²) in [6.45, 7) is 2.23. The number of nitrogens with one attached hydrogen (secondary N) is 1. The third-order valence-corrected chi connectivity index (χ3v) is 7.90. The monoisotopic (exact) mass is 539 g/mol. The summed E-state index contributed by atoms with van der Waals surface area (Å²) >= 11 is 0. The average molecular weight is 540 g/mol. The maximum atomic E-state index is 13.0. The molecule has 1 aliphatic heterocycles. The lowest BCUT2D eigenvalue weighted by molar-refractivity contribution is -0.114. The molecule has 6 rings (SSSR count). The van der Waals surface area contributed by atoms with Gasteiger partial charge < -0.3 is 16.0 Å². The fraction of sp³-hybridized carbons (Fsp3) is 0.167. The van der Waals surface area contributed by atoms with Crippen LogP contribution in [0.1, 0.15) is 45.5 Å². The molecule has 0 fully saturated rings. The minimum absolute atomic E-state index is 0.0547. The molecular formula is C36H33N3O2. The molecule has 0 radical (unpaired) electrons. The molecule has 2 amide bonds. The van der Waals surface area contributed by atoms with Gasteiger partial charge in [-0.3, -0.25) is 9.59 Å². The van der Waals surface area contributed by atoms with Crippen molar-refractivity contribution in [3.8, 4) is 0 Å². The molecule has 0 saturated heterocycles. The van der Waals surface area contributed by atoms with Crippen molar-refractivity contribution in [2.45, 2.75) is 32.4 Å². The number of carbonyl (C=O) groups is 2. The molecule has 5 heteroatoms. The molecule has 1 aliphatic carbocycles. The van der Waals surface area contributed by atoms with Crippen LogP contribution < -0.4 is 16.0 Å². The second-order valence-corrected chi connectivity index (χ2v) is 10.7. The number of primary amides is 1. The van der Waals surface area contributed by atoms with Crippen LogP contribution in [0.5, 0.6) is 0 Å². The number of allylic oxidation sites excluding steroid dienone is 5. The Labute approximate surface area is 240 Å². The number of nitrogens with two attached hydrogens (primary N) is 1. The highest BCUT2D eigenvalue weighted by Crippen LogP contribution is 2.31. The molecule has 4 aromatic rings. The van der Waals surface area contributed by atoms with Crippen molar-refractivity contribution >= 4 is 33.8 Å². The van der Waals surface area contributed by atoms with Gasteiger partial charge in [0.2, 0.25) is 5.91 Å². The van der Waals surface area contributed by atoms with E-state index in [0.717, 1.165) is 42.6 Å². The van der Waals surface area contributed by atoms with Crippen LogP contribution in [0, 0.1) is 0 Å². The van der Waals surface area contributed by atoms with Crippen LogP contribution in [0.2, 0.25) is 0 Å². The van der Waals surface area contributed by atoms with Gasteiger partial charge in [0.25, 0.3) is 5.91 Å². The molecule has 0 unspecified atom stereocenters. The van der Waals surface area contributed by atoms with Crippen LogP contribution in [0.15, 0.2) is 115 Å². The summed E-state index contributed by atoms with van der Waals surface area (Å²) in [5, 5.41) is 5.46. The zero-order chi connectivity index (χ0) is 28.2. The number of aryl methyl sites for hydroxylation is 1. The van der Waals surface area contributed by atoms with Gasteiger partial charge in [-0.1, -0.05) is 78.9 Å². The van der Waals surface area contributed by atoms with E-state index in [1.54, 1.807) is 6.08 Å². The van der Waals surface area contributed by atoms with E-state index in [-0.39, 0.29) is 11.8 Å². The molecule has 5 nitrogen and oxygen atoms in total. The SMILES string of the molecule is NC(=O)C1=CC=CC=C(c2cccc(CN3CCCc4cc(C(=O)NCc5ccc6ccccc6c5)ccc43)c2)C1. The Kier molecular flexibility index (Phi) is 7.50. The molecule has 3 N–H and O–H groups in total. The Morgan fingerprint density at radius 1 is 0.829 bits per heavy atom. The van der Waals surface area contributed by atoms with Crippen molar-refractivity contribution in [2.75, 3.05) is 11.4 Å². The topological polar surface area (TPSA) is 75.4 Å². The van der Waals surface area contributed by atoms with E-state index in [9.17, 15) is 9.59 Å². The zero-order valence-corrected chi connectivity index (χ0v) is 23.0. The Balaban J connectivity index is 1.14. The summed E-state index contributed by atoms with van der Waals surface area (Å²) < 4.78 is 0. The Hall–Kier alpha value is -4.90. The van der Waals surface area contributed by atoms with E-state index < -0.39 is 0 Å². The summed E-state index contributed by atoms with van der Waals surface area (Å²) in [6, 6.07) is 29.1. The van der Waals surface area contributed by atoms with Crippen molar-refractivity contribution in [3.05, 3.63) is 143 Å². The highest BCUT2D eigenvalue weighted by Gasteiger charge is 2.20. The first kappa shape index (κ1) is 26.3. The molecule has 0 aromatic heterocycles. The van der Waals surface area contributed by atoms with Gasteiger partial charge in [-0.2, -0.15) is 0 Å². The Morgan fingerprint density at radius 3 is 2.56 bits per heavy atom. The van der Waals surface area contributed by atoms with Crippen molar-refractivity contribution in [2.24, 2.45) is 5.73 Å². The molecular weight excluding hydrogens is 506 g/mol. The number of carbonyl (C=O) groups excluding carboxylic acids is 2. The van der Waals surface area contributed by atoms with Crippen molar-refractivity contribution in [3.63, 3.8) is 0 Å². The lowest BCUT2D eigenvalue weighted by atomic mass is 9.95. The summed E-state index contributed by atoms with van der Waals surface area (Å²) in [5.41, 5.74) is 13.7. The van der Waals surface area contributed by atoms with Crippen LogP contribution >= 0.6 is 0 Å². The predicted molar refractivity (Wildman–Crippen MR) is 166 cm³/mol. The largest absolute Gasteiger partial charge is 0.367 e. The number of rotatable bonds is 7. The van der Waals surface area contributed by atoms with E-state index >= 15 is 0 Å². The van der Waals surface area contributed by atoms with Crippen LogP contribution in [0.3, 0.4) is 0 Å². The maximum Gasteiger partial charge on any atom is 0.251 e. The van der Waals surface area contributed by atoms with Crippen molar-refractivity contribution in [1.29, 1.82) is 0 Å². The molecule has 0 atom stereocenters. The third-order valence-electron chi connectivity index (χ3n) is 7.90. The molecule has 2 aliphatic rings. The number of fused-ring (bicyclic) bond motifs is 2. The standard InChI is InChI=1S/C36H33N3O2/c37-35(40)32-11-4-3-10-30(21-32)29-12-5-7-26(20-29)24-39-18-6-13-31-22-33(16-17-34(31)39)36(41)38-23-25-14-15-27-8-1-2-9-28(27)19-25/h1-5,7-12,14-17,19-20,22H,6,13,18,21,23-24H2,(H2,37,40)(H,38,41).